The molecule has 7 nitrogen and oxygen atoms in total. The van der Waals surface area contributed by atoms with Gasteiger partial charge >= 0.3 is 0 Å². The Hall–Kier alpha value is -3.26. The smallest absolute Gasteiger partial charge is 0.240 e. The molecule has 1 unspecified atom stereocenters. The Kier molecular flexibility index (Phi) is 6.74. The molecule has 1 amide bonds. The van der Waals surface area contributed by atoms with Crippen LogP contribution in [0.3, 0.4) is 0 Å². The van der Waals surface area contributed by atoms with E-state index >= 15 is 0 Å². The average molecular weight is 464 g/mol. The maximum Gasteiger partial charge on any atom is 0.240 e. The van der Waals surface area contributed by atoms with Crippen molar-refractivity contribution in [1.82, 2.24) is 19.9 Å². The largest absolute Gasteiger partial charge is 0.374 e. The van der Waals surface area contributed by atoms with Gasteiger partial charge in [-0.3, -0.25) is 9.20 Å². The highest BCUT2D eigenvalue weighted by atomic mass is 35.5. The van der Waals surface area contributed by atoms with Gasteiger partial charge in [0.05, 0.1) is 23.8 Å². The summed E-state index contributed by atoms with van der Waals surface area (Å²) in [6.07, 6.45) is 1.74. The maximum atomic E-state index is 12.7. The van der Waals surface area contributed by atoms with Crippen LogP contribution in [0.2, 0.25) is 5.02 Å². The van der Waals surface area contributed by atoms with E-state index in [2.05, 4.69) is 15.5 Å². The van der Waals surface area contributed by atoms with E-state index < -0.39 is 11.6 Å². The summed E-state index contributed by atoms with van der Waals surface area (Å²) in [5.41, 5.74) is 8.43. The molecule has 0 aliphatic heterocycles. The second-order valence-electron chi connectivity index (χ2n) is 8.44. The summed E-state index contributed by atoms with van der Waals surface area (Å²) in [4.78, 5) is 12.7. The van der Waals surface area contributed by atoms with Crippen LogP contribution in [0.4, 0.5) is 0 Å². The number of aromatic nitrogens is 3. The molecule has 4 rings (SSSR count). The fourth-order valence-corrected chi connectivity index (χ4v) is 3.65. The summed E-state index contributed by atoms with van der Waals surface area (Å²) in [6, 6.07) is 20.9. The van der Waals surface area contributed by atoms with Crippen molar-refractivity contribution in [3.63, 3.8) is 0 Å². The Morgan fingerprint density at radius 1 is 1.12 bits per heavy atom. The molecule has 0 radical (unpaired) electrons. The fourth-order valence-electron chi connectivity index (χ4n) is 3.44. The van der Waals surface area contributed by atoms with Gasteiger partial charge in [0, 0.05) is 11.8 Å². The summed E-state index contributed by atoms with van der Waals surface area (Å²) in [7, 11) is 0. The molecule has 170 valence electrons. The van der Waals surface area contributed by atoms with Gasteiger partial charge in [-0.1, -0.05) is 72.3 Å². The molecule has 33 heavy (non-hydrogen) atoms. The van der Waals surface area contributed by atoms with E-state index in [4.69, 9.17) is 22.1 Å². The molecule has 0 aliphatic carbocycles. The lowest BCUT2D eigenvalue weighted by Gasteiger charge is -2.23. The minimum absolute atomic E-state index is 0.185. The number of nitrogens with zero attached hydrogens (tertiary/aromatic N) is 3. The van der Waals surface area contributed by atoms with Crippen LogP contribution in [0, 0.1) is 0 Å². The van der Waals surface area contributed by atoms with Crippen LogP contribution in [-0.4, -0.2) is 32.7 Å². The van der Waals surface area contributed by atoms with Crippen molar-refractivity contribution in [2.75, 3.05) is 6.61 Å². The lowest BCUT2D eigenvalue weighted by molar-refractivity contribution is -0.126. The third-order valence-corrected chi connectivity index (χ3v) is 5.39. The minimum atomic E-state index is -1.06. The van der Waals surface area contributed by atoms with E-state index in [1.807, 2.05) is 66.7 Å². The zero-order valence-electron chi connectivity index (χ0n) is 18.5. The number of benzene rings is 2. The lowest BCUT2D eigenvalue weighted by Crippen LogP contribution is -2.50. The molecule has 1 atom stereocenters. The fraction of sp³-hybridized carbons (Fsp3) is 0.240. The number of carbonyl (C=O) groups is 1. The number of nitrogens with two attached hydrogens (primary N) is 1. The number of halogens is 1. The van der Waals surface area contributed by atoms with Crippen molar-refractivity contribution in [2.24, 2.45) is 5.73 Å². The van der Waals surface area contributed by atoms with Crippen molar-refractivity contribution in [3.8, 4) is 11.1 Å². The highest BCUT2D eigenvalue weighted by molar-refractivity contribution is 6.30. The number of nitrogens with one attached hydrogen (secondary N) is 1. The highest BCUT2D eigenvalue weighted by Crippen LogP contribution is 2.28. The predicted molar refractivity (Wildman–Crippen MR) is 129 cm³/mol. The summed E-state index contributed by atoms with van der Waals surface area (Å²) < 4.78 is 7.74. The average Bonchev–Trinajstić information content (AvgIpc) is 3.22. The zero-order valence-corrected chi connectivity index (χ0v) is 19.3. The minimum Gasteiger partial charge on any atom is -0.374 e. The van der Waals surface area contributed by atoms with Crippen LogP contribution in [0.25, 0.3) is 16.8 Å². The van der Waals surface area contributed by atoms with Gasteiger partial charge < -0.3 is 15.8 Å². The van der Waals surface area contributed by atoms with E-state index in [1.54, 1.807) is 24.4 Å². The standard InChI is InChI=1S/C25H26ClN5O2/c1-25(2,27)24(32)28-21(16-33-15-17-9-5-3-6-10-17)23-30-29-22-20(13-19(26)14-31(22)23)18-11-7-4-8-12-18/h3-14,21H,15-16,27H2,1-2H3,(H,28,32). The molecule has 0 bridgehead atoms. The number of amides is 1. The normalized spacial score (nSPS) is 12.6. The third-order valence-electron chi connectivity index (χ3n) is 5.18. The van der Waals surface area contributed by atoms with Crippen LogP contribution in [0.5, 0.6) is 0 Å². The van der Waals surface area contributed by atoms with Gasteiger partial charge in [-0.2, -0.15) is 0 Å². The summed E-state index contributed by atoms with van der Waals surface area (Å²) in [5, 5.41) is 12.3. The van der Waals surface area contributed by atoms with E-state index in [-0.39, 0.29) is 12.5 Å². The number of rotatable bonds is 8. The summed E-state index contributed by atoms with van der Waals surface area (Å²) >= 11 is 6.46. The molecular formula is C25H26ClN5O2. The van der Waals surface area contributed by atoms with E-state index in [0.29, 0.717) is 23.1 Å². The van der Waals surface area contributed by atoms with Crippen molar-refractivity contribution in [2.45, 2.75) is 32.0 Å². The lowest BCUT2D eigenvalue weighted by atomic mass is 10.1. The van der Waals surface area contributed by atoms with E-state index in [0.717, 1.165) is 16.7 Å². The van der Waals surface area contributed by atoms with Gasteiger partial charge in [0.1, 0.15) is 6.04 Å². The van der Waals surface area contributed by atoms with E-state index in [9.17, 15) is 4.79 Å². The molecule has 3 N–H and O–H groups in total. The molecule has 2 aromatic carbocycles. The topological polar surface area (TPSA) is 94.5 Å². The van der Waals surface area contributed by atoms with Gasteiger partial charge in [-0.15, -0.1) is 10.2 Å². The van der Waals surface area contributed by atoms with Gasteiger partial charge in [0.25, 0.3) is 0 Å². The Morgan fingerprint density at radius 2 is 1.79 bits per heavy atom. The first-order chi connectivity index (χ1) is 15.8. The van der Waals surface area contributed by atoms with Gasteiger partial charge in [-0.05, 0) is 31.0 Å². The molecule has 0 aliphatic rings. The number of hydrogen-bond donors (Lipinski definition) is 2. The van der Waals surface area contributed by atoms with Gasteiger partial charge in [0.15, 0.2) is 11.5 Å². The number of hydrogen-bond acceptors (Lipinski definition) is 5. The number of fused-ring (bicyclic) bond motifs is 1. The SMILES string of the molecule is CC(C)(N)C(=O)NC(COCc1ccccc1)c1nnc2c(-c3ccccc3)cc(Cl)cn12. The monoisotopic (exact) mass is 463 g/mol. The Labute approximate surface area is 197 Å². The molecule has 0 spiro atoms. The third kappa shape index (κ3) is 5.39. The van der Waals surface area contributed by atoms with Crippen LogP contribution < -0.4 is 11.1 Å². The van der Waals surface area contributed by atoms with Crippen LogP contribution in [0.1, 0.15) is 31.3 Å². The second-order valence-corrected chi connectivity index (χ2v) is 8.87. The van der Waals surface area contributed by atoms with Crippen molar-refractivity contribution < 1.29 is 9.53 Å². The second kappa shape index (κ2) is 9.70. The molecule has 2 aromatic heterocycles. The first-order valence-electron chi connectivity index (χ1n) is 10.6. The maximum absolute atomic E-state index is 12.7. The Balaban J connectivity index is 1.69. The quantitative estimate of drug-likeness (QED) is 0.409. The Morgan fingerprint density at radius 3 is 2.45 bits per heavy atom. The first-order valence-corrected chi connectivity index (χ1v) is 11.0. The molecule has 0 saturated carbocycles. The van der Waals surface area contributed by atoms with Crippen molar-refractivity contribution in [3.05, 3.63) is 89.3 Å². The Bertz CT molecular complexity index is 1240. The highest BCUT2D eigenvalue weighted by Gasteiger charge is 2.28. The van der Waals surface area contributed by atoms with Crippen molar-refractivity contribution in [1.29, 1.82) is 0 Å². The van der Waals surface area contributed by atoms with Crippen molar-refractivity contribution >= 4 is 23.2 Å². The van der Waals surface area contributed by atoms with Crippen LogP contribution in [-0.2, 0) is 16.1 Å². The molecular weight excluding hydrogens is 438 g/mol. The van der Waals surface area contributed by atoms with Gasteiger partial charge in [-0.25, -0.2) is 0 Å². The molecule has 4 aromatic rings. The molecule has 8 heteroatoms. The number of carbonyl (C=O) groups excluding carboxylic acids is 1. The van der Waals surface area contributed by atoms with E-state index in [1.165, 1.54) is 0 Å². The molecule has 2 heterocycles. The number of ether oxygens (including phenoxy) is 1. The first kappa shape index (κ1) is 22.9. The van der Waals surface area contributed by atoms with Crippen LogP contribution in [0.15, 0.2) is 72.9 Å². The summed E-state index contributed by atoms with van der Waals surface area (Å²) in [5.74, 6) is 0.188. The predicted octanol–water partition coefficient (Wildman–Crippen LogP) is 4.16. The van der Waals surface area contributed by atoms with Crippen LogP contribution >= 0.6 is 11.6 Å². The molecule has 0 saturated heterocycles. The molecule has 0 fully saturated rings. The zero-order chi connectivity index (χ0) is 23.4. The summed E-state index contributed by atoms with van der Waals surface area (Å²) in [6.45, 7) is 3.88. The van der Waals surface area contributed by atoms with Gasteiger partial charge in [0.2, 0.25) is 5.91 Å². The number of pyridine rings is 1.